The number of guanidine groups is 1. The Morgan fingerprint density at radius 1 is 1.12 bits per heavy atom. The van der Waals surface area contributed by atoms with Gasteiger partial charge >= 0.3 is 0 Å². The standard InChI is InChI=1S/C19H25N5O.HI/c1-3-21-19(23-13-11-17-6-4-5-12-22-17)24-14-15-7-9-16(10-8-15)18(25)20-2;/h4-10,12H,3,11,13-14H2,1-2H3,(H,20,25)(H2,21,23,24);1H. The van der Waals surface area contributed by atoms with Crippen LogP contribution in [0.5, 0.6) is 0 Å². The molecule has 0 unspecified atom stereocenters. The zero-order valence-corrected chi connectivity index (χ0v) is 17.5. The van der Waals surface area contributed by atoms with Crippen LogP contribution in [-0.2, 0) is 13.0 Å². The number of pyridine rings is 1. The Hall–Kier alpha value is -2.16. The molecular formula is C19H26IN5O. The number of aliphatic imine (C=N–C) groups is 1. The average Bonchev–Trinajstić information content (AvgIpc) is 2.66. The van der Waals surface area contributed by atoms with Gasteiger partial charge in [0.05, 0.1) is 6.54 Å². The molecule has 2 rings (SSSR count). The van der Waals surface area contributed by atoms with Crippen molar-refractivity contribution in [2.75, 3.05) is 20.1 Å². The second-order valence-corrected chi connectivity index (χ2v) is 5.47. The number of aromatic nitrogens is 1. The van der Waals surface area contributed by atoms with Crippen LogP contribution in [0.25, 0.3) is 0 Å². The Labute approximate surface area is 171 Å². The molecule has 1 amide bonds. The molecular weight excluding hydrogens is 441 g/mol. The number of halogens is 1. The van der Waals surface area contributed by atoms with Gasteiger partial charge in [-0.3, -0.25) is 9.78 Å². The van der Waals surface area contributed by atoms with Crippen molar-refractivity contribution in [3.8, 4) is 0 Å². The molecule has 0 aliphatic heterocycles. The number of nitrogens with one attached hydrogen (secondary N) is 3. The van der Waals surface area contributed by atoms with Gasteiger partial charge in [0.25, 0.3) is 5.91 Å². The van der Waals surface area contributed by atoms with E-state index >= 15 is 0 Å². The third-order valence-corrected chi connectivity index (χ3v) is 3.61. The van der Waals surface area contributed by atoms with E-state index in [0.29, 0.717) is 12.1 Å². The molecule has 0 radical (unpaired) electrons. The van der Waals surface area contributed by atoms with E-state index in [1.165, 1.54) is 0 Å². The van der Waals surface area contributed by atoms with Gasteiger partial charge in [-0.05, 0) is 36.8 Å². The number of carbonyl (C=O) groups excluding carboxylic acids is 1. The summed E-state index contributed by atoms with van der Waals surface area (Å²) in [5.41, 5.74) is 2.75. The molecule has 0 spiro atoms. The number of carbonyl (C=O) groups is 1. The molecule has 0 saturated heterocycles. The minimum Gasteiger partial charge on any atom is -0.357 e. The smallest absolute Gasteiger partial charge is 0.251 e. The molecule has 0 fully saturated rings. The van der Waals surface area contributed by atoms with Crippen molar-refractivity contribution in [1.82, 2.24) is 20.9 Å². The summed E-state index contributed by atoms with van der Waals surface area (Å²) < 4.78 is 0. The van der Waals surface area contributed by atoms with Crippen LogP contribution in [0, 0.1) is 0 Å². The minimum absolute atomic E-state index is 0. The lowest BCUT2D eigenvalue weighted by molar-refractivity contribution is 0.0963. The fourth-order valence-corrected chi connectivity index (χ4v) is 2.27. The maximum Gasteiger partial charge on any atom is 0.251 e. The Kier molecular flexibility index (Phi) is 10.3. The van der Waals surface area contributed by atoms with Crippen LogP contribution in [0.1, 0.15) is 28.5 Å². The summed E-state index contributed by atoms with van der Waals surface area (Å²) in [7, 11) is 1.62. The second kappa shape index (κ2) is 12.2. The maximum absolute atomic E-state index is 11.5. The SMILES string of the molecule is CCNC(=NCc1ccc(C(=O)NC)cc1)NCCc1ccccn1.I. The molecule has 2 aromatic rings. The lowest BCUT2D eigenvalue weighted by Crippen LogP contribution is -2.38. The molecule has 0 aliphatic carbocycles. The van der Waals surface area contributed by atoms with E-state index in [1.807, 2.05) is 49.4 Å². The number of nitrogens with zero attached hydrogens (tertiary/aromatic N) is 2. The van der Waals surface area contributed by atoms with Crippen molar-refractivity contribution in [3.63, 3.8) is 0 Å². The lowest BCUT2D eigenvalue weighted by atomic mass is 10.1. The summed E-state index contributed by atoms with van der Waals surface area (Å²) in [6.45, 7) is 4.14. The summed E-state index contributed by atoms with van der Waals surface area (Å²) in [6, 6.07) is 13.4. The first-order valence-corrected chi connectivity index (χ1v) is 8.46. The van der Waals surface area contributed by atoms with Gasteiger partial charge < -0.3 is 16.0 Å². The summed E-state index contributed by atoms with van der Waals surface area (Å²) in [5.74, 6) is 0.688. The van der Waals surface area contributed by atoms with Crippen molar-refractivity contribution in [3.05, 3.63) is 65.5 Å². The average molecular weight is 467 g/mol. The van der Waals surface area contributed by atoms with E-state index in [-0.39, 0.29) is 29.9 Å². The topological polar surface area (TPSA) is 78.4 Å². The molecule has 0 aliphatic rings. The van der Waals surface area contributed by atoms with Gasteiger partial charge in [0, 0.05) is 44.0 Å². The highest BCUT2D eigenvalue weighted by atomic mass is 127. The molecule has 140 valence electrons. The predicted octanol–water partition coefficient (Wildman–Crippen LogP) is 2.36. The summed E-state index contributed by atoms with van der Waals surface area (Å²) in [4.78, 5) is 20.4. The number of benzene rings is 1. The first kappa shape index (κ1) is 21.9. The molecule has 26 heavy (non-hydrogen) atoms. The molecule has 6 nitrogen and oxygen atoms in total. The number of hydrogen-bond acceptors (Lipinski definition) is 3. The quantitative estimate of drug-likeness (QED) is 0.332. The maximum atomic E-state index is 11.5. The first-order valence-electron chi connectivity index (χ1n) is 8.46. The molecule has 1 aromatic heterocycles. The third-order valence-electron chi connectivity index (χ3n) is 3.61. The fraction of sp³-hybridized carbons (Fsp3) is 0.316. The molecule has 0 bridgehead atoms. The van der Waals surface area contributed by atoms with Gasteiger partial charge in [0.15, 0.2) is 5.96 Å². The molecule has 7 heteroatoms. The number of amides is 1. The van der Waals surface area contributed by atoms with Crippen molar-refractivity contribution >= 4 is 35.8 Å². The van der Waals surface area contributed by atoms with Crippen LogP contribution in [-0.4, -0.2) is 37.0 Å². The van der Waals surface area contributed by atoms with Gasteiger partial charge in [-0.1, -0.05) is 18.2 Å². The van der Waals surface area contributed by atoms with Crippen molar-refractivity contribution in [1.29, 1.82) is 0 Å². The second-order valence-electron chi connectivity index (χ2n) is 5.47. The van der Waals surface area contributed by atoms with E-state index in [2.05, 4.69) is 25.9 Å². The fourth-order valence-electron chi connectivity index (χ4n) is 2.27. The molecule has 0 saturated carbocycles. The summed E-state index contributed by atoms with van der Waals surface area (Å²) in [6.07, 6.45) is 2.64. The van der Waals surface area contributed by atoms with Crippen LogP contribution >= 0.6 is 24.0 Å². The lowest BCUT2D eigenvalue weighted by Gasteiger charge is -2.11. The highest BCUT2D eigenvalue weighted by Crippen LogP contribution is 2.05. The minimum atomic E-state index is -0.0837. The zero-order valence-electron chi connectivity index (χ0n) is 15.2. The van der Waals surface area contributed by atoms with Crippen molar-refractivity contribution in [2.45, 2.75) is 19.9 Å². The Morgan fingerprint density at radius 2 is 1.88 bits per heavy atom. The van der Waals surface area contributed by atoms with E-state index < -0.39 is 0 Å². The summed E-state index contributed by atoms with van der Waals surface area (Å²) in [5, 5.41) is 9.16. The number of hydrogen-bond donors (Lipinski definition) is 3. The Bertz CT molecular complexity index is 689. The van der Waals surface area contributed by atoms with Crippen LogP contribution < -0.4 is 16.0 Å². The monoisotopic (exact) mass is 467 g/mol. The van der Waals surface area contributed by atoms with Gasteiger partial charge in [0.2, 0.25) is 0 Å². The Balaban J connectivity index is 0.00000338. The molecule has 3 N–H and O–H groups in total. The molecule has 0 atom stereocenters. The molecule has 1 heterocycles. The zero-order chi connectivity index (χ0) is 17.9. The van der Waals surface area contributed by atoms with Crippen molar-refractivity contribution < 1.29 is 4.79 Å². The van der Waals surface area contributed by atoms with E-state index in [0.717, 1.165) is 36.7 Å². The Morgan fingerprint density at radius 3 is 2.50 bits per heavy atom. The van der Waals surface area contributed by atoms with Gasteiger partial charge in [0.1, 0.15) is 0 Å². The number of rotatable bonds is 7. The van der Waals surface area contributed by atoms with Gasteiger partial charge in [-0.15, -0.1) is 24.0 Å². The highest BCUT2D eigenvalue weighted by molar-refractivity contribution is 14.0. The van der Waals surface area contributed by atoms with E-state index in [4.69, 9.17) is 0 Å². The highest BCUT2D eigenvalue weighted by Gasteiger charge is 2.03. The van der Waals surface area contributed by atoms with Crippen molar-refractivity contribution in [2.24, 2.45) is 4.99 Å². The van der Waals surface area contributed by atoms with Gasteiger partial charge in [-0.25, -0.2) is 4.99 Å². The predicted molar refractivity (Wildman–Crippen MR) is 116 cm³/mol. The van der Waals surface area contributed by atoms with E-state index in [1.54, 1.807) is 13.2 Å². The van der Waals surface area contributed by atoms with E-state index in [9.17, 15) is 4.79 Å². The van der Waals surface area contributed by atoms with Crippen LogP contribution in [0.3, 0.4) is 0 Å². The third kappa shape index (κ3) is 7.38. The van der Waals surface area contributed by atoms with Crippen LogP contribution in [0.2, 0.25) is 0 Å². The van der Waals surface area contributed by atoms with Crippen LogP contribution in [0.15, 0.2) is 53.7 Å². The normalized spacial score (nSPS) is 10.6. The molecule has 1 aromatic carbocycles. The summed E-state index contributed by atoms with van der Waals surface area (Å²) >= 11 is 0. The van der Waals surface area contributed by atoms with Crippen LogP contribution in [0.4, 0.5) is 0 Å². The first-order chi connectivity index (χ1) is 12.2. The largest absolute Gasteiger partial charge is 0.357 e. The van der Waals surface area contributed by atoms with Gasteiger partial charge in [-0.2, -0.15) is 0 Å².